The lowest BCUT2D eigenvalue weighted by Gasteiger charge is -2.18. The van der Waals surface area contributed by atoms with Gasteiger partial charge in [0.05, 0.1) is 0 Å². The molecule has 0 aromatic carbocycles. The summed E-state index contributed by atoms with van der Waals surface area (Å²) < 4.78 is 16.8. The van der Waals surface area contributed by atoms with Crippen molar-refractivity contribution >= 4 is 17.9 Å². The lowest BCUT2D eigenvalue weighted by Crippen LogP contribution is -2.30. The van der Waals surface area contributed by atoms with Gasteiger partial charge in [-0.05, 0) is 128 Å². The molecule has 1 unspecified atom stereocenters. The van der Waals surface area contributed by atoms with Gasteiger partial charge in [0, 0.05) is 19.3 Å². The van der Waals surface area contributed by atoms with Crippen molar-refractivity contribution in [1.82, 2.24) is 0 Å². The van der Waals surface area contributed by atoms with Gasteiger partial charge in [-0.15, -0.1) is 0 Å². The van der Waals surface area contributed by atoms with Crippen LogP contribution >= 0.6 is 0 Å². The largest absolute Gasteiger partial charge is 0.462 e. The predicted molar refractivity (Wildman–Crippen MR) is 343 cm³/mol. The minimum absolute atomic E-state index is 0.116. The highest BCUT2D eigenvalue weighted by Crippen LogP contribution is 2.15. The molecular formula is C73H118O6. The summed E-state index contributed by atoms with van der Waals surface area (Å²) in [5.41, 5.74) is 0. The monoisotopic (exact) mass is 1090 g/mol. The molecule has 446 valence electrons. The predicted octanol–water partition coefficient (Wildman–Crippen LogP) is 22.3. The average molecular weight is 1090 g/mol. The van der Waals surface area contributed by atoms with E-state index in [0.29, 0.717) is 19.3 Å². The van der Waals surface area contributed by atoms with Gasteiger partial charge in [0.25, 0.3) is 0 Å². The number of hydrogen-bond donors (Lipinski definition) is 0. The molecule has 0 N–H and O–H groups in total. The normalized spacial score (nSPS) is 13.1. The molecule has 0 amide bonds. The molecule has 0 bridgehead atoms. The van der Waals surface area contributed by atoms with E-state index in [4.69, 9.17) is 14.2 Å². The van der Waals surface area contributed by atoms with Crippen molar-refractivity contribution in [2.75, 3.05) is 13.2 Å². The van der Waals surface area contributed by atoms with Crippen molar-refractivity contribution in [3.05, 3.63) is 146 Å². The van der Waals surface area contributed by atoms with Gasteiger partial charge in [0.15, 0.2) is 6.10 Å². The van der Waals surface area contributed by atoms with Crippen molar-refractivity contribution in [3.63, 3.8) is 0 Å². The molecule has 0 fully saturated rings. The fourth-order valence-corrected chi connectivity index (χ4v) is 8.55. The fraction of sp³-hybridized carbons (Fsp3) is 0.630. The number of allylic oxidation sites excluding steroid dienone is 24. The van der Waals surface area contributed by atoms with Gasteiger partial charge in [0.1, 0.15) is 13.2 Å². The highest BCUT2D eigenvalue weighted by Gasteiger charge is 2.19. The van der Waals surface area contributed by atoms with Gasteiger partial charge < -0.3 is 14.2 Å². The van der Waals surface area contributed by atoms with Crippen LogP contribution in [0.1, 0.15) is 278 Å². The first kappa shape index (κ1) is 74.3. The molecule has 0 aliphatic heterocycles. The molecule has 0 heterocycles. The van der Waals surface area contributed by atoms with Crippen molar-refractivity contribution in [3.8, 4) is 0 Å². The SMILES string of the molecule is CC/C=C\C/C=C\C/C=C\C/C=C\C/C=C\C/C=C\C/C=C\CCCCCCCC(=O)OCC(COC(=O)CC/C=C\C/C=C\C/C=C\C/C=C\CC)OC(=O)CCCCCCCCCCC/C=C\CCCCCCCCCC. The number of esters is 3. The Morgan fingerprint density at radius 3 is 0.861 bits per heavy atom. The zero-order chi connectivity index (χ0) is 57.1. The Bertz CT molecular complexity index is 1730. The number of carbonyl (C=O) groups excluding carboxylic acids is 3. The second-order valence-electron chi connectivity index (χ2n) is 20.9. The Labute approximate surface area is 487 Å². The molecule has 0 aromatic heterocycles. The summed E-state index contributed by atoms with van der Waals surface area (Å²) in [4.78, 5) is 38.3. The Hall–Kier alpha value is -4.71. The quantitative estimate of drug-likeness (QED) is 0.0261. The number of hydrogen-bond acceptors (Lipinski definition) is 6. The summed E-state index contributed by atoms with van der Waals surface area (Å²) in [7, 11) is 0. The van der Waals surface area contributed by atoms with Crippen LogP contribution in [-0.4, -0.2) is 37.2 Å². The third-order valence-corrected chi connectivity index (χ3v) is 13.3. The zero-order valence-corrected chi connectivity index (χ0v) is 51.1. The van der Waals surface area contributed by atoms with Crippen molar-refractivity contribution in [2.24, 2.45) is 0 Å². The lowest BCUT2D eigenvalue weighted by molar-refractivity contribution is -0.166. The van der Waals surface area contributed by atoms with Crippen LogP contribution in [0, 0.1) is 0 Å². The van der Waals surface area contributed by atoms with Crippen LogP contribution in [0.3, 0.4) is 0 Å². The van der Waals surface area contributed by atoms with Crippen LogP contribution in [-0.2, 0) is 28.6 Å². The maximum absolute atomic E-state index is 12.9. The van der Waals surface area contributed by atoms with Gasteiger partial charge >= 0.3 is 17.9 Å². The molecule has 0 aliphatic carbocycles. The van der Waals surface area contributed by atoms with Gasteiger partial charge in [-0.2, -0.15) is 0 Å². The van der Waals surface area contributed by atoms with Crippen molar-refractivity contribution in [2.45, 2.75) is 284 Å². The van der Waals surface area contributed by atoms with Crippen LogP contribution in [0.2, 0.25) is 0 Å². The number of ether oxygens (including phenoxy) is 3. The summed E-state index contributed by atoms with van der Waals surface area (Å²) in [5.74, 6) is -1.02. The van der Waals surface area contributed by atoms with E-state index >= 15 is 0 Å². The van der Waals surface area contributed by atoms with E-state index in [1.54, 1.807) is 0 Å². The van der Waals surface area contributed by atoms with Crippen LogP contribution in [0.15, 0.2) is 146 Å². The summed E-state index contributed by atoms with van der Waals surface area (Å²) >= 11 is 0. The highest BCUT2D eigenvalue weighted by molar-refractivity contribution is 5.71. The number of unbranched alkanes of at least 4 members (excludes halogenated alkanes) is 22. The first-order chi connectivity index (χ1) is 39.0. The Balaban J connectivity index is 4.43. The first-order valence-corrected chi connectivity index (χ1v) is 32.3. The Morgan fingerprint density at radius 2 is 0.519 bits per heavy atom. The van der Waals surface area contributed by atoms with Gasteiger partial charge in [-0.1, -0.05) is 276 Å². The number of rotatable bonds is 57. The van der Waals surface area contributed by atoms with Gasteiger partial charge in [-0.25, -0.2) is 0 Å². The molecule has 79 heavy (non-hydrogen) atoms. The maximum atomic E-state index is 12.9. The van der Waals surface area contributed by atoms with E-state index in [0.717, 1.165) is 128 Å². The lowest BCUT2D eigenvalue weighted by atomic mass is 10.1. The third-order valence-electron chi connectivity index (χ3n) is 13.3. The van der Waals surface area contributed by atoms with E-state index in [1.165, 1.54) is 103 Å². The van der Waals surface area contributed by atoms with Gasteiger partial charge in [0.2, 0.25) is 0 Å². The molecule has 0 saturated carbocycles. The molecule has 6 nitrogen and oxygen atoms in total. The smallest absolute Gasteiger partial charge is 0.306 e. The summed E-state index contributed by atoms with van der Waals surface area (Å²) in [5, 5.41) is 0. The Morgan fingerprint density at radius 1 is 0.266 bits per heavy atom. The highest BCUT2D eigenvalue weighted by atomic mass is 16.6. The van der Waals surface area contributed by atoms with Crippen LogP contribution in [0.5, 0.6) is 0 Å². The van der Waals surface area contributed by atoms with E-state index in [9.17, 15) is 14.4 Å². The number of carbonyl (C=O) groups is 3. The zero-order valence-electron chi connectivity index (χ0n) is 51.1. The molecule has 0 aromatic rings. The molecule has 1 atom stereocenters. The van der Waals surface area contributed by atoms with Crippen LogP contribution in [0.4, 0.5) is 0 Å². The molecule has 0 saturated heterocycles. The van der Waals surface area contributed by atoms with E-state index in [-0.39, 0.29) is 37.5 Å². The van der Waals surface area contributed by atoms with Crippen molar-refractivity contribution < 1.29 is 28.6 Å². The first-order valence-electron chi connectivity index (χ1n) is 32.3. The van der Waals surface area contributed by atoms with Crippen molar-refractivity contribution in [1.29, 1.82) is 0 Å². The molecule has 0 spiro atoms. The third kappa shape index (κ3) is 64.0. The molecular weight excluding hydrogens is 973 g/mol. The van der Waals surface area contributed by atoms with E-state index < -0.39 is 6.10 Å². The van der Waals surface area contributed by atoms with E-state index in [1.807, 2.05) is 6.08 Å². The molecule has 6 heteroatoms. The van der Waals surface area contributed by atoms with Crippen LogP contribution in [0.25, 0.3) is 0 Å². The molecule has 0 radical (unpaired) electrons. The molecule has 0 aliphatic rings. The standard InChI is InChI=1S/C73H118O6/c1-4-7-10-13-16-19-22-25-27-29-31-33-34-35-36-37-38-40-41-43-45-48-51-54-57-60-63-66-72(75)78-69-70(68-77-71(74)65-62-59-56-53-50-47-24-21-18-15-12-9-6-3)79-73(76)67-64-61-58-55-52-49-46-44-42-39-32-30-28-26-23-20-17-14-11-8-5-2/h7,9-10,12,16,18-19,21,25,27,30-33,35-36,38,40,43,45,47,50,56,59,70H,4-6,8,11,13-15,17,20,22-24,26,28-29,34,37,39,41-42,44,46,48-49,51-55,57-58,60-69H2,1-3H3/b10-7-,12-9-,19-16-,21-18-,27-25-,32-30-,33-31-,36-35-,40-38-,45-43-,50-47-,59-56-. The minimum atomic E-state index is -0.823. The van der Waals surface area contributed by atoms with Crippen LogP contribution < -0.4 is 0 Å². The summed E-state index contributed by atoms with van der Waals surface area (Å²) in [6.07, 6.45) is 94.4. The van der Waals surface area contributed by atoms with E-state index in [2.05, 4.69) is 161 Å². The topological polar surface area (TPSA) is 78.9 Å². The Kier molecular flexibility index (Phi) is 61.9. The minimum Gasteiger partial charge on any atom is -0.462 e. The summed E-state index contributed by atoms with van der Waals surface area (Å²) in [6, 6.07) is 0. The van der Waals surface area contributed by atoms with Gasteiger partial charge in [-0.3, -0.25) is 14.4 Å². The summed E-state index contributed by atoms with van der Waals surface area (Å²) in [6.45, 7) is 6.33. The maximum Gasteiger partial charge on any atom is 0.306 e. The second-order valence-corrected chi connectivity index (χ2v) is 20.9. The fourth-order valence-electron chi connectivity index (χ4n) is 8.55. The second kappa shape index (κ2) is 65.8. The average Bonchev–Trinajstić information content (AvgIpc) is 3.45. The molecule has 0 rings (SSSR count).